The fraction of sp³-hybridized carbons (Fsp3) is 0.750. The number of aliphatic hydroxyl groups excluding tert-OH is 4. The number of hydrogen-bond donors (Lipinski definition) is 4. The Kier molecular flexibility index (Phi) is 18.0. The summed E-state index contributed by atoms with van der Waals surface area (Å²) in [6.07, 6.45) is -3.85. The molecule has 0 aromatic heterocycles. The van der Waals surface area contributed by atoms with Crippen molar-refractivity contribution in [2.24, 2.45) is 0 Å². The molecule has 0 saturated heterocycles. The molecule has 0 aliphatic rings. The highest BCUT2D eigenvalue weighted by atomic mass is 16.4. The Morgan fingerprint density at radius 2 is 1.26 bits per heavy atom. The normalized spacial score (nSPS) is 13.7. The first-order chi connectivity index (χ1) is 8.58. The van der Waals surface area contributed by atoms with Crippen LogP contribution >= 0.6 is 0 Å². The van der Waals surface area contributed by atoms with Crippen molar-refractivity contribution >= 4 is 17.9 Å². The van der Waals surface area contributed by atoms with Gasteiger partial charge >= 0.3 is 0 Å². The lowest BCUT2D eigenvalue weighted by atomic mass is 10.1. The molecule has 0 rings (SSSR count). The first-order valence-electron chi connectivity index (χ1n) is 5.63. The highest BCUT2D eigenvalue weighted by Crippen LogP contribution is 2.00. The zero-order valence-electron chi connectivity index (χ0n) is 11.7. The van der Waals surface area contributed by atoms with Crippen LogP contribution < -0.4 is 0 Å². The molecule has 0 spiro atoms. The predicted octanol–water partition coefficient (Wildman–Crippen LogP) is -1.16. The summed E-state index contributed by atoms with van der Waals surface area (Å²) in [5.41, 5.74) is 0. The predicted molar refractivity (Wildman–Crippen MR) is 68.5 cm³/mol. The molecule has 0 aliphatic heterocycles. The quantitative estimate of drug-likeness (QED) is 0.467. The third kappa shape index (κ3) is 31.6. The van der Waals surface area contributed by atoms with Crippen molar-refractivity contribution in [3.63, 3.8) is 0 Å². The van der Waals surface area contributed by atoms with E-state index in [9.17, 15) is 14.4 Å². The zero-order chi connectivity index (χ0) is 16.0. The van der Waals surface area contributed by atoms with E-state index in [2.05, 4.69) is 0 Å². The molecule has 7 nitrogen and oxygen atoms in total. The average Bonchev–Trinajstić information content (AvgIpc) is 2.26. The third-order valence-corrected chi connectivity index (χ3v) is 1.27. The maximum atomic E-state index is 9.85. The van der Waals surface area contributed by atoms with Crippen LogP contribution in [-0.2, 0) is 14.4 Å². The van der Waals surface area contributed by atoms with Gasteiger partial charge in [0.15, 0.2) is 0 Å². The van der Waals surface area contributed by atoms with Crippen molar-refractivity contribution in [3.8, 4) is 0 Å². The van der Waals surface area contributed by atoms with Crippen molar-refractivity contribution in [3.05, 3.63) is 0 Å². The van der Waals surface area contributed by atoms with Gasteiger partial charge in [0.2, 0.25) is 0 Å². The standard InChI is InChI=1S/C6H12O5.2C3H6O/c7-2-4(9)1-5(10)6(11)3-8;2*1-3(2)4/h2,4-6,8-11H,1,3H2;2*1-2H3/t4-,5+,6-;;/m0../s1. The number of carbonyl (C=O) groups excluding carboxylic acids is 3. The minimum atomic E-state index is -1.30. The zero-order valence-corrected chi connectivity index (χ0v) is 11.7. The van der Waals surface area contributed by atoms with E-state index in [1.807, 2.05) is 0 Å². The Morgan fingerprint density at radius 1 is 0.947 bits per heavy atom. The largest absolute Gasteiger partial charge is 0.394 e. The van der Waals surface area contributed by atoms with Crippen LogP contribution in [0, 0.1) is 0 Å². The smallest absolute Gasteiger partial charge is 0.148 e. The van der Waals surface area contributed by atoms with Crippen molar-refractivity contribution in [2.75, 3.05) is 6.61 Å². The van der Waals surface area contributed by atoms with E-state index in [1.54, 1.807) is 0 Å². The summed E-state index contributed by atoms with van der Waals surface area (Å²) in [6.45, 7) is 5.52. The van der Waals surface area contributed by atoms with Crippen molar-refractivity contribution in [1.29, 1.82) is 0 Å². The second kappa shape index (κ2) is 14.9. The lowest BCUT2D eigenvalue weighted by molar-refractivity contribution is -0.118. The minimum absolute atomic E-state index is 0.167. The third-order valence-electron chi connectivity index (χ3n) is 1.27. The monoisotopic (exact) mass is 280 g/mol. The van der Waals surface area contributed by atoms with Crippen LogP contribution in [0.3, 0.4) is 0 Å². The van der Waals surface area contributed by atoms with Gasteiger partial charge in [-0.1, -0.05) is 0 Å². The number of carbonyl (C=O) groups is 3. The summed E-state index contributed by atoms with van der Waals surface area (Å²) in [7, 11) is 0. The van der Waals surface area contributed by atoms with E-state index in [0.717, 1.165) is 0 Å². The number of aliphatic hydroxyl groups is 4. The Balaban J connectivity index is -0.000000264. The second-order valence-corrected chi connectivity index (χ2v) is 4.07. The molecule has 114 valence electrons. The molecule has 0 fully saturated rings. The molecule has 4 N–H and O–H groups in total. The van der Waals surface area contributed by atoms with Gasteiger partial charge in [0.1, 0.15) is 30.1 Å². The summed E-state index contributed by atoms with van der Waals surface area (Å²) in [5.74, 6) is 0.333. The van der Waals surface area contributed by atoms with Gasteiger partial charge in [0, 0.05) is 6.42 Å². The van der Waals surface area contributed by atoms with E-state index in [4.69, 9.17) is 20.4 Å². The highest BCUT2D eigenvalue weighted by molar-refractivity contribution is 5.72. The maximum absolute atomic E-state index is 9.85. The van der Waals surface area contributed by atoms with Gasteiger partial charge in [-0.05, 0) is 27.7 Å². The fourth-order valence-electron chi connectivity index (χ4n) is 0.582. The molecule has 0 aromatic carbocycles. The van der Waals surface area contributed by atoms with E-state index in [-0.39, 0.29) is 24.3 Å². The lowest BCUT2D eigenvalue weighted by Gasteiger charge is -2.15. The molecular weight excluding hydrogens is 256 g/mol. The molecule has 0 amide bonds. The van der Waals surface area contributed by atoms with E-state index in [0.29, 0.717) is 0 Å². The SMILES string of the molecule is CC(C)=O.CC(C)=O.O=C[C@@H](O)C[C@@H](O)[C@@H](O)CO. The van der Waals surface area contributed by atoms with Crippen molar-refractivity contribution in [1.82, 2.24) is 0 Å². The molecule has 0 bridgehead atoms. The Labute approximate surface area is 112 Å². The summed E-state index contributed by atoms with van der Waals surface area (Å²) < 4.78 is 0. The second-order valence-electron chi connectivity index (χ2n) is 4.07. The molecule has 0 aliphatic carbocycles. The molecular formula is C12H24O7. The lowest BCUT2D eigenvalue weighted by Crippen LogP contribution is -2.33. The highest BCUT2D eigenvalue weighted by Gasteiger charge is 2.18. The van der Waals surface area contributed by atoms with E-state index in [1.165, 1.54) is 27.7 Å². The van der Waals surface area contributed by atoms with Gasteiger partial charge in [-0.2, -0.15) is 0 Å². The van der Waals surface area contributed by atoms with Crippen LogP contribution in [0.1, 0.15) is 34.1 Å². The summed E-state index contributed by atoms with van der Waals surface area (Å²) in [4.78, 5) is 28.7. The molecule has 19 heavy (non-hydrogen) atoms. The Morgan fingerprint density at radius 3 is 1.47 bits per heavy atom. The van der Waals surface area contributed by atoms with Crippen molar-refractivity contribution in [2.45, 2.75) is 52.4 Å². The van der Waals surface area contributed by atoms with Gasteiger partial charge in [0.25, 0.3) is 0 Å². The number of Topliss-reactive ketones (excluding diaryl/α,β-unsaturated/α-hetero) is 2. The van der Waals surface area contributed by atoms with Gasteiger partial charge in [-0.25, -0.2) is 0 Å². The maximum Gasteiger partial charge on any atom is 0.148 e. The minimum Gasteiger partial charge on any atom is -0.394 e. The van der Waals surface area contributed by atoms with Crippen LogP contribution in [0.5, 0.6) is 0 Å². The molecule has 0 radical (unpaired) electrons. The van der Waals surface area contributed by atoms with Crippen LogP contribution in [-0.4, -0.2) is 63.2 Å². The molecule has 7 heteroatoms. The van der Waals surface area contributed by atoms with Crippen LogP contribution in [0.25, 0.3) is 0 Å². The molecule has 0 unspecified atom stereocenters. The van der Waals surface area contributed by atoms with Gasteiger partial charge in [-0.3, -0.25) is 0 Å². The molecule has 0 heterocycles. The summed E-state index contributed by atoms with van der Waals surface area (Å²) >= 11 is 0. The fourth-order valence-corrected chi connectivity index (χ4v) is 0.582. The van der Waals surface area contributed by atoms with E-state index < -0.39 is 24.9 Å². The topological polar surface area (TPSA) is 132 Å². The Bertz CT molecular complexity index is 232. The first-order valence-corrected chi connectivity index (χ1v) is 5.63. The molecule has 0 aromatic rings. The number of hydrogen-bond acceptors (Lipinski definition) is 7. The van der Waals surface area contributed by atoms with Crippen LogP contribution in [0.4, 0.5) is 0 Å². The summed E-state index contributed by atoms with van der Waals surface area (Å²) in [5, 5.41) is 34.6. The average molecular weight is 280 g/mol. The molecule has 0 saturated carbocycles. The summed E-state index contributed by atoms with van der Waals surface area (Å²) in [6, 6.07) is 0. The number of rotatable bonds is 5. The Hall–Kier alpha value is -1.15. The van der Waals surface area contributed by atoms with Gasteiger partial charge in [-0.15, -0.1) is 0 Å². The first kappa shape index (κ1) is 23.0. The number of ketones is 2. The van der Waals surface area contributed by atoms with Crippen molar-refractivity contribution < 1.29 is 34.8 Å². The van der Waals surface area contributed by atoms with Gasteiger partial charge in [0.05, 0.1) is 12.7 Å². The number of aldehydes is 1. The van der Waals surface area contributed by atoms with Crippen LogP contribution in [0.2, 0.25) is 0 Å². The van der Waals surface area contributed by atoms with E-state index >= 15 is 0 Å². The molecule has 3 atom stereocenters. The van der Waals surface area contributed by atoms with Crippen LogP contribution in [0.15, 0.2) is 0 Å². The van der Waals surface area contributed by atoms with Gasteiger partial charge < -0.3 is 34.8 Å².